The fourth-order valence-electron chi connectivity index (χ4n) is 0.291. The number of hydrogen-bond acceptors (Lipinski definition) is 3. The summed E-state index contributed by atoms with van der Waals surface area (Å²) in [6.07, 6.45) is 1.63. The van der Waals surface area contributed by atoms with E-state index in [1.165, 1.54) is 5.01 Å². The maximum atomic E-state index is 5.46. The second-order valence-electron chi connectivity index (χ2n) is 2.05. The lowest BCUT2D eigenvalue weighted by molar-refractivity contribution is 0.322. The summed E-state index contributed by atoms with van der Waals surface area (Å²) >= 11 is 3.06. The van der Waals surface area contributed by atoms with Crippen molar-refractivity contribution in [2.45, 2.75) is 19.9 Å². The van der Waals surface area contributed by atoms with Gasteiger partial charge < -0.3 is 10.7 Å². The lowest BCUT2D eigenvalue weighted by atomic mass is 10.4. The Morgan fingerprint density at radius 2 is 2.11 bits per heavy atom. The van der Waals surface area contributed by atoms with E-state index in [1.807, 2.05) is 13.8 Å². The molecule has 0 spiro atoms. The van der Waals surface area contributed by atoms with Crippen molar-refractivity contribution in [3.8, 4) is 0 Å². The molecule has 4 N–H and O–H groups in total. The van der Waals surface area contributed by atoms with E-state index in [2.05, 4.69) is 15.9 Å². The minimum absolute atomic E-state index is 0.279. The molecule has 0 rings (SSSR count). The first-order valence-corrected chi connectivity index (χ1v) is 3.49. The van der Waals surface area contributed by atoms with E-state index in [0.717, 1.165) is 0 Å². The largest absolute Gasteiger partial charge is 0.392 e. The van der Waals surface area contributed by atoms with Gasteiger partial charge in [-0.05, 0) is 29.8 Å². The monoisotopic (exact) mass is 193 g/mol. The molecule has 0 aliphatic rings. The topological polar surface area (TPSA) is 55.3 Å². The highest BCUT2D eigenvalue weighted by Crippen LogP contribution is 1.98. The van der Waals surface area contributed by atoms with Crippen LogP contribution >= 0.6 is 15.9 Å². The summed E-state index contributed by atoms with van der Waals surface area (Å²) in [5.74, 6) is 5.46. The van der Waals surface area contributed by atoms with Crippen molar-refractivity contribution in [2.75, 3.05) is 0 Å². The van der Waals surface area contributed by atoms with Crippen LogP contribution in [0, 0.1) is 0 Å². The SMILES string of the molecule is CC(C)N(N)/C=C(\N)Br. The summed E-state index contributed by atoms with van der Waals surface area (Å²) < 4.78 is 0.540. The van der Waals surface area contributed by atoms with Crippen LogP contribution in [0.2, 0.25) is 0 Å². The Bertz CT molecular complexity index is 107. The Morgan fingerprint density at radius 1 is 1.67 bits per heavy atom. The molecule has 0 atom stereocenters. The van der Waals surface area contributed by atoms with Crippen molar-refractivity contribution in [1.29, 1.82) is 0 Å². The smallest absolute Gasteiger partial charge is 0.0930 e. The van der Waals surface area contributed by atoms with Crippen molar-refractivity contribution < 1.29 is 0 Å². The van der Waals surface area contributed by atoms with Gasteiger partial charge in [-0.1, -0.05) is 0 Å². The van der Waals surface area contributed by atoms with Crippen LogP contribution in [0.5, 0.6) is 0 Å². The van der Waals surface area contributed by atoms with Gasteiger partial charge >= 0.3 is 0 Å². The highest BCUT2D eigenvalue weighted by Gasteiger charge is 1.96. The molecule has 0 aliphatic carbocycles. The molecule has 9 heavy (non-hydrogen) atoms. The lowest BCUT2D eigenvalue weighted by Gasteiger charge is -2.17. The van der Waals surface area contributed by atoms with Gasteiger partial charge in [-0.15, -0.1) is 0 Å². The Hall–Kier alpha value is -0.220. The molecule has 3 nitrogen and oxygen atoms in total. The van der Waals surface area contributed by atoms with E-state index in [-0.39, 0.29) is 6.04 Å². The van der Waals surface area contributed by atoms with E-state index in [9.17, 15) is 0 Å². The number of hydrazine groups is 1. The molecule has 0 heterocycles. The van der Waals surface area contributed by atoms with Crippen molar-refractivity contribution in [3.63, 3.8) is 0 Å². The minimum atomic E-state index is 0.279. The van der Waals surface area contributed by atoms with E-state index in [4.69, 9.17) is 11.6 Å². The molecule has 0 aromatic carbocycles. The van der Waals surface area contributed by atoms with Crippen molar-refractivity contribution >= 4 is 15.9 Å². The van der Waals surface area contributed by atoms with E-state index in [0.29, 0.717) is 4.61 Å². The zero-order chi connectivity index (χ0) is 7.44. The highest BCUT2D eigenvalue weighted by molar-refractivity contribution is 9.11. The zero-order valence-corrected chi connectivity index (χ0v) is 7.22. The van der Waals surface area contributed by atoms with Crippen LogP contribution in [0.3, 0.4) is 0 Å². The van der Waals surface area contributed by atoms with Gasteiger partial charge in [0.2, 0.25) is 0 Å². The normalized spacial score (nSPS) is 12.3. The number of hydrogen-bond donors (Lipinski definition) is 2. The van der Waals surface area contributed by atoms with Crippen LogP contribution in [0.15, 0.2) is 10.8 Å². The van der Waals surface area contributed by atoms with E-state index >= 15 is 0 Å². The Balaban J connectivity index is 3.76. The lowest BCUT2D eigenvalue weighted by Crippen LogP contribution is -2.32. The van der Waals surface area contributed by atoms with Gasteiger partial charge in [-0.2, -0.15) is 0 Å². The Kier molecular flexibility index (Phi) is 3.65. The van der Waals surface area contributed by atoms with Gasteiger partial charge in [0.25, 0.3) is 0 Å². The molecular weight excluding hydrogens is 182 g/mol. The molecular formula is C5H12BrN3. The first-order valence-electron chi connectivity index (χ1n) is 2.70. The first kappa shape index (κ1) is 8.78. The predicted octanol–water partition coefficient (Wildman–Crippen LogP) is 0.723. The molecule has 0 saturated carbocycles. The molecule has 0 radical (unpaired) electrons. The summed E-state index contributed by atoms with van der Waals surface area (Å²) in [4.78, 5) is 0. The molecule has 0 aromatic rings. The van der Waals surface area contributed by atoms with Gasteiger partial charge in [-0.3, -0.25) is 0 Å². The fraction of sp³-hybridized carbons (Fsp3) is 0.600. The van der Waals surface area contributed by atoms with Crippen molar-refractivity contribution in [1.82, 2.24) is 5.01 Å². The van der Waals surface area contributed by atoms with Gasteiger partial charge in [0, 0.05) is 12.2 Å². The number of nitrogens with zero attached hydrogens (tertiary/aromatic N) is 1. The van der Waals surface area contributed by atoms with Crippen molar-refractivity contribution in [2.24, 2.45) is 11.6 Å². The zero-order valence-electron chi connectivity index (χ0n) is 5.63. The summed E-state index contributed by atoms with van der Waals surface area (Å²) in [6.45, 7) is 3.96. The highest BCUT2D eigenvalue weighted by atomic mass is 79.9. The molecule has 0 fully saturated rings. The van der Waals surface area contributed by atoms with Crippen LogP contribution in [0.25, 0.3) is 0 Å². The second kappa shape index (κ2) is 3.74. The fourth-order valence-corrected chi connectivity index (χ4v) is 0.528. The number of nitrogens with two attached hydrogens (primary N) is 2. The summed E-state index contributed by atoms with van der Waals surface area (Å²) in [6, 6.07) is 0.279. The van der Waals surface area contributed by atoms with Gasteiger partial charge in [0.1, 0.15) is 0 Å². The molecule has 0 bridgehead atoms. The maximum absolute atomic E-state index is 5.46. The Labute approximate surface area is 63.8 Å². The third kappa shape index (κ3) is 4.29. The van der Waals surface area contributed by atoms with Gasteiger partial charge in [0.15, 0.2) is 0 Å². The third-order valence-electron chi connectivity index (χ3n) is 0.869. The number of halogens is 1. The van der Waals surface area contributed by atoms with Crippen LogP contribution in [-0.2, 0) is 0 Å². The molecule has 0 unspecified atom stereocenters. The van der Waals surface area contributed by atoms with Crippen LogP contribution in [0.1, 0.15) is 13.8 Å². The Morgan fingerprint density at radius 3 is 2.22 bits per heavy atom. The maximum Gasteiger partial charge on any atom is 0.0930 e. The van der Waals surface area contributed by atoms with Crippen LogP contribution in [-0.4, -0.2) is 11.1 Å². The molecule has 0 saturated heterocycles. The molecule has 0 aromatic heterocycles. The predicted molar refractivity (Wildman–Crippen MR) is 42.4 cm³/mol. The second-order valence-corrected chi connectivity index (χ2v) is 2.97. The van der Waals surface area contributed by atoms with Gasteiger partial charge in [-0.25, -0.2) is 5.84 Å². The minimum Gasteiger partial charge on any atom is -0.392 e. The first-order chi connectivity index (χ1) is 4.04. The summed E-state index contributed by atoms with van der Waals surface area (Å²) in [7, 11) is 0. The number of rotatable bonds is 2. The third-order valence-corrected chi connectivity index (χ3v) is 1.07. The average Bonchev–Trinajstić information content (AvgIpc) is 1.63. The standard InChI is InChI=1S/C5H12BrN3/c1-4(2)9(8)3-5(6)7/h3-4H,7-8H2,1-2H3/b5-3-. The summed E-state index contributed by atoms with van der Waals surface area (Å²) in [5.41, 5.74) is 5.29. The average molecular weight is 194 g/mol. The molecule has 0 aliphatic heterocycles. The molecule has 0 amide bonds. The van der Waals surface area contributed by atoms with Gasteiger partial charge in [0.05, 0.1) is 4.61 Å². The van der Waals surface area contributed by atoms with E-state index in [1.54, 1.807) is 6.20 Å². The molecule has 4 heteroatoms. The quantitative estimate of drug-likeness (QED) is 0.387. The van der Waals surface area contributed by atoms with E-state index < -0.39 is 0 Å². The van der Waals surface area contributed by atoms with Crippen molar-refractivity contribution in [3.05, 3.63) is 10.8 Å². The summed E-state index contributed by atoms with van der Waals surface area (Å²) in [5, 5.41) is 1.53. The molecule has 54 valence electrons. The van der Waals surface area contributed by atoms with Crippen LogP contribution < -0.4 is 11.6 Å². The van der Waals surface area contributed by atoms with Crippen LogP contribution in [0.4, 0.5) is 0 Å².